The third-order valence-electron chi connectivity index (χ3n) is 6.66. The molecule has 1 aliphatic heterocycles. The molecule has 1 saturated heterocycles. The molecule has 0 bridgehead atoms. The molecule has 0 spiro atoms. The fourth-order valence-corrected chi connectivity index (χ4v) is 4.92. The summed E-state index contributed by atoms with van der Waals surface area (Å²) < 4.78 is 10.9. The van der Waals surface area contributed by atoms with E-state index in [1.54, 1.807) is 14.2 Å². The lowest BCUT2D eigenvalue weighted by Crippen LogP contribution is -2.52. The van der Waals surface area contributed by atoms with Gasteiger partial charge in [0.15, 0.2) is 22.4 Å². The SMILES string of the molecule is COc1ccc(-c2ccc3nc(N)nc(N4CCN(C(=S)N(C)Cc5ccccc5)CC4)c3n2)cc1OC. The van der Waals surface area contributed by atoms with Crippen LogP contribution in [0.2, 0.25) is 0 Å². The van der Waals surface area contributed by atoms with Crippen molar-refractivity contribution >= 4 is 40.1 Å². The first-order chi connectivity index (χ1) is 18.5. The number of anilines is 2. The number of nitrogens with two attached hydrogens (primary N) is 1. The second-order valence-electron chi connectivity index (χ2n) is 9.14. The summed E-state index contributed by atoms with van der Waals surface area (Å²) in [6.45, 7) is 3.81. The third-order valence-corrected chi connectivity index (χ3v) is 7.23. The number of ether oxygens (including phenoxy) is 2. The molecule has 196 valence electrons. The zero-order chi connectivity index (χ0) is 26.6. The van der Waals surface area contributed by atoms with Crippen molar-refractivity contribution < 1.29 is 9.47 Å². The van der Waals surface area contributed by atoms with E-state index in [0.717, 1.165) is 54.9 Å². The smallest absolute Gasteiger partial charge is 0.222 e. The van der Waals surface area contributed by atoms with Gasteiger partial charge in [-0.3, -0.25) is 0 Å². The summed E-state index contributed by atoms with van der Waals surface area (Å²) in [6.07, 6.45) is 0. The van der Waals surface area contributed by atoms with Crippen LogP contribution < -0.4 is 20.1 Å². The number of nitrogens with zero attached hydrogens (tertiary/aromatic N) is 6. The average Bonchev–Trinajstić information content (AvgIpc) is 2.96. The van der Waals surface area contributed by atoms with Crippen LogP contribution in [0.15, 0.2) is 60.7 Å². The number of rotatable bonds is 6. The number of nitrogen functional groups attached to an aromatic ring is 1. The predicted octanol–water partition coefficient (Wildman–Crippen LogP) is 3.83. The van der Waals surface area contributed by atoms with Gasteiger partial charge in [0, 0.05) is 45.3 Å². The molecule has 5 rings (SSSR count). The number of methoxy groups -OCH3 is 2. The Morgan fingerprint density at radius 1 is 0.921 bits per heavy atom. The van der Waals surface area contributed by atoms with E-state index in [1.807, 2.05) is 55.6 Å². The lowest BCUT2D eigenvalue weighted by molar-refractivity contribution is 0.333. The van der Waals surface area contributed by atoms with E-state index in [-0.39, 0.29) is 5.95 Å². The number of hydrogen-bond donors (Lipinski definition) is 1. The van der Waals surface area contributed by atoms with Gasteiger partial charge in [-0.25, -0.2) is 9.97 Å². The minimum atomic E-state index is 0.230. The Morgan fingerprint density at radius 2 is 1.66 bits per heavy atom. The van der Waals surface area contributed by atoms with Gasteiger partial charge in [-0.15, -0.1) is 0 Å². The van der Waals surface area contributed by atoms with Crippen LogP contribution in [0.3, 0.4) is 0 Å². The largest absolute Gasteiger partial charge is 0.493 e. The van der Waals surface area contributed by atoms with E-state index in [4.69, 9.17) is 32.4 Å². The van der Waals surface area contributed by atoms with Gasteiger partial charge in [0.05, 0.1) is 25.4 Å². The number of piperazine rings is 1. The molecule has 0 aliphatic carbocycles. The van der Waals surface area contributed by atoms with Crippen molar-refractivity contribution in [1.82, 2.24) is 24.8 Å². The van der Waals surface area contributed by atoms with Gasteiger partial charge in [0.2, 0.25) is 5.95 Å². The number of pyridine rings is 1. The van der Waals surface area contributed by atoms with Gasteiger partial charge in [0.1, 0.15) is 5.52 Å². The maximum atomic E-state index is 6.09. The van der Waals surface area contributed by atoms with Crippen molar-refractivity contribution in [2.75, 3.05) is 58.1 Å². The molecule has 3 heterocycles. The van der Waals surface area contributed by atoms with Crippen LogP contribution in [0.25, 0.3) is 22.3 Å². The third kappa shape index (κ3) is 5.26. The summed E-state index contributed by atoms with van der Waals surface area (Å²) in [7, 11) is 5.28. The molecule has 4 aromatic rings. The highest BCUT2D eigenvalue weighted by atomic mass is 32.1. The highest BCUT2D eigenvalue weighted by Crippen LogP contribution is 2.33. The van der Waals surface area contributed by atoms with E-state index < -0.39 is 0 Å². The molecule has 38 heavy (non-hydrogen) atoms. The maximum Gasteiger partial charge on any atom is 0.222 e. The summed E-state index contributed by atoms with van der Waals surface area (Å²) in [5.74, 6) is 2.27. The van der Waals surface area contributed by atoms with Gasteiger partial charge >= 0.3 is 0 Å². The molecule has 2 aromatic heterocycles. The summed E-state index contributed by atoms with van der Waals surface area (Å²) in [6, 6.07) is 20.0. The molecular formula is C28H31N7O2S. The Balaban J connectivity index is 1.36. The lowest BCUT2D eigenvalue weighted by Gasteiger charge is -2.39. The van der Waals surface area contributed by atoms with Gasteiger partial charge in [-0.1, -0.05) is 30.3 Å². The van der Waals surface area contributed by atoms with Crippen LogP contribution in [0, 0.1) is 0 Å². The summed E-state index contributed by atoms with van der Waals surface area (Å²) in [4.78, 5) is 20.6. The molecule has 10 heteroatoms. The number of hydrogen-bond acceptors (Lipinski definition) is 8. The zero-order valence-electron chi connectivity index (χ0n) is 21.8. The van der Waals surface area contributed by atoms with E-state index in [2.05, 4.69) is 36.8 Å². The number of thiocarbonyl (C=S) groups is 1. The lowest BCUT2D eigenvalue weighted by atomic mass is 10.1. The molecule has 0 unspecified atom stereocenters. The summed E-state index contributed by atoms with van der Waals surface area (Å²) >= 11 is 5.81. The van der Waals surface area contributed by atoms with E-state index in [1.165, 1.54) is 5.56 Å². The van der Waals surface area contributed by atoms with Gasteiger partial charge in [-0.05, 0) is 48.1 Å². The molecule has 2 N–H and O–H groups in total. The first-order valence-corrected chi connectivity index (χ1v) is 12.8. The Hall–Kier alpha value is -4.18. The first kappa shape index (κ1) is 25.5. The predicted molar refractivity (Wildman–Crippen MR) is 155 cm³/mol. The van der Waals surface area contributed by atoms with Crippen molar-refractivity contribution in [3.8, 4) is 22.8 Å². The topological polar surface area (TPSA) is 92.9 Å². The quantitative estimate of drug-likeness (QED) is 0.372. The second kappa shape index (κ2) is 11.1. The molecule has 9 nitrogen and oxygen atoms in total. The van der Waals surface area contributed by atoms with Gasteiger partial charge < -0.3 is 29.9 Å². The fraction of sp³-hybridized carbons (Fsp3) is 0.286. The minimum absolute atomic E-state index is 0.230. The van der Waals surface area contributed by atoms with E-state index in [9.17, 15) is 0 Å². The van der Waals surface area contributed by atoms with E-state index in [0.29, 0.717) is 22.5 Å². The first-order valence-electron chi connectivity index (χ1n) is 12.4. The standard InChI is InChI=1S/C28H31N7O2S/c1-33(18-19-7-5-4-6-8-19)28(38)35-15-13-34(14-16-35)26-25-22(31-27(29)32-26)11-10-21(30-25)20-9-12-23(36-2)24(17-20)37-3/h4-12,17H,13-16,18H2,1-3H3,(H2,29,31,32). The molecule has 1 aliphatic rings. The zero-order valence-corrected chi connectivity index (χ0v) is 22.6. The van der Waals surface area contributed by atoms with Gasteiger partial charge in [-0.2, -0.15) is 4.98 Å². The number of fused-ring (bicyclic) bond motifs is 1. The minimum Gasteiger partial charge on any atom is -0.493 e. The molecule has 2 aromatic carbocycles. The second-order valence-corrected chi connectivity index (χ2v) is 9.50. The van der Waals surface area contributed by atoms with Crippen LogP contribution in [0.5, 0.6) is 11.5 Å². The van der Waals surface area contributed by atoms with Gasteiger partial charge in [0.25, 0.3) is 0 Å². The molecule has 0 amide bonds. The Kier molecular flexibility index (Phi) is 7.41. The normalized spacial score (nSPS) is 13.4. The Labute approximate surface area is 227 Å². The average molecular weight is 530 g/mol. The highest BCUT2D eigenvalue weighted by Gasteiger charge is 2.24. The van der Waals surface area contributed by atoms with Crippen LogP contribution in [0.1, 0.15) is 5.56 Å². The van der Waals surface area contributed by atoms with Crippen LogP contribution in [0.4, 0.5) is 11.8 Å². The maximum absolute atomic E-state index is 6.09. The monoisotopic (exact) mass is 529 g/mol. The van der Waals surface area contributed by atoms with Crippen LogP contribution in [-0.4, -0.2) is 77.3 Å². The summed E-state index contributed by atoms with van der Waals surface area (Å²) in [5.41, 5.74) is 10.4. The molecular weight excluding hydrogens is 498 g/mol. The number of aromatic nitrogens is 3. The van der Waals surface area contributed by atoms with Crippen LogP contribution >= 0.6 is 12.2 Å². The molecule has 0 radical (unpaired) electrons. The van der Waals surface area contributed by atoms with Crippen molar-refractivity contribution in [1.29, 1.82) is 0 Å². The van der Waals surface area contributed by atoms with Crippen molar-refractivity contribution in [3.63, 3.8) is 0 Å². The molecule has 1 fully saturated rings. The van der Waals surface area contributed by atoms with Crippen LogP contribution in [-0.2, 0) is 6.54 Å². The fourth-order valence-electron chi connectivity index (χ4n) is 4.67. The van der Waals surface area contributed by atoms with Crippen molar-refractivity contribution in [2.24, 2.45) is 0 Å². The molecule has 0 atom stereocenters. The van der Waals surface area contributed by atoms with E-state index >= 15 is 0 Å². The van der Waals surface area contributed by atoms with Crippen molar-refractivity contribution in [3.05, 3.63) is 66.2 Å². The Bertz CT molecular complexity index is 1440. The van der Waals surface area contributed by atoms with Crippen molar-refractivity contribution in [2.45, 2.75) is 6.54 Å². The number of benzene rings is 2. The highest BCUT2D eigenvalue weighted by molar-refractivity contribution is 7.80. The Morgan fingerprint density at radius 3 is 2.37 bits per heavy atom. The molecule has 0 saturated carbocycles. The summed E-state index contributed by atoms with van der Waals surface area (Å²) in [5, 5.41) is 0.842.